The highest BCUT2D eigenvalue weighted by atomic mass is 19.3. The molecule has 0 saturated carbocycles. The lowest BCUT2D eigenvalue weighted by Crippen LogP contribution is -2.25. The third-order valence-corrected chi connectivity index (χ3v) is 1.83. The maximum Gasteiger partial charge on any atom is 0.387 e. The molecule has 0 aliphatic rings. The van der Waals surface area contributed by atoms with Gasteiger partial charge in [-0.05, 0) is 36.8 Å². The standard InChI is InChI=1S/C10H11F2N3O2/c1-6(14-15-10(13)16)7-2-4-8(5-3-7)17-9(11)12/h2-5,9H,1H3,(H3,13,15,16)/b14-6+. The normalized spacial score (nSPS) is 11.4. The minimum atomic E-state index is -2.85. The summed E-state index contributed by atoms with van der Waals surface area (Å²) >= 11 is 0. The van der Waals surface area contributed by atoms with Crippen molar-refractivity contribution in [2.75, 3.05) is 0 Å². The number of carbonyl (C=O) groups excluding carboxylic acids is 1. The molecule has 7 heteroatoms. The molecule has 5 nitrogen and oxygen atoms in total. The summed E-state index contributed by atoms with van der Waals surface area (Å²) in [6.45, 7) is -1.22. The Labute approximate surface area is 96.3 Å². The molecule has 1 aromatic carbocycles. The summed E-state index contributed by atoms with van der Waals surface area (Å²) in [4.78, 5) is 10.4. The zero-order chi connectivity index (χ0) is 12.8. The largest absolute Gasteiger partial charge is 0.435 e. The highest BCUT2D eigenvalue weighted by Crippen LogP contribution is 2.15. The van der Waals surface area contributed by atoms with E-state index in [1.807, 2.05) is 0 Å². The summed E-state index contributed by atoms with van der Waals surface area (Å²) < 4.78 is 27.9. The third kappa shape index (κ3) is 4.45. The molecular weight excluding hydrogens is 232 g/mol. The fraction of sp³-hybridized carbons (Fsp3) is 0.200. The van der Waals surface area contributed by atoms with Gasteiger partial charge in [0.2, 0.25) is 0 Å². The number of ether oxygens (including phenoxy) is 1. The summed E-state index contributed by atoms with van der Waals surface area (Å²) in [5.74, 6) is 0.0550. The lowest BCUT2D eigenvalue weighted by molar-refractivity contribution is -0.0498. The summed E-state index contributed by atoms with van der Waals surface area (Å²) in [7, 11) is 0. The van der Waals surface area contributed by atoms with E-state index in [1.165, 1.54) is 12.1 Å². The van der Waals surface area contributed by atoms with Crippen LogP contribution in [0.3, 0.4) is 0 Å². The number of hydrazone groups is 1. The Hall–Kier alpha value is -2.18. The Morgan fingerprint density at radius 1 is 1.41 bits per heavy atom. The first-order valence-electron chi connectivity index (χ1n) is 4.64. The topological polar surface area (TPSA) is 76.7 Å². The Bertz CT molecular complexity index is 418. The van der Waals surface area contributed by atoms with Crippen molar-refractivity contribution in [3.8, 4) is 5.75 Å². The number of halogens is 2. The van der Waals surface area contributed by atoms with E-state index in [4.69, 9.17) is 5.73 Å². The van der Waals surface area contributed by atoms with Crippen molar-refractivity contribution < 1.29 is 18.3 Å². The minimum absolute atomic E-state index is 0.0550. The molecule has 0 unspecified atom stereocenters. The molecule has 2 amide bonds. The van der Waals surface area contributed by atoms with Crippen molar-refractivity contribution in [2.45, 2.75) is 13.5 Å². The number of hydrogen-bond acceptors (Lipinski definition) is 3. The quantitative estimate of drug-likeness (QED) is 0.623. The second-order valence-electron chi connectivity index (χ2n) is 3.08. The number of amides is 2. The molecule has 0 heterocycles. The molecule has 1 aromatic rings. The van der Waals surface area contributed by atoms with Crippen LogP contribution in [0.25, 0.3) is 0 Å². The number of benzene rings is 1. The number of nitrogens with zero attached hydrogens (tertiary/aromatic N) is 1. The molecule has 0 fully saturated rings. The molecule has 0 spiro atoms. The molecule has 0 atom stereocenters. The predicted molar refractivity (Wildman–Crippen MR) is 58.0 cm³/mol. The Kier molecular flexibility index (Phi) is 4.38. The highest BCUT2D eigenvalue weighted by molar-refractivity contribution is 5.99. The van der Waals surface area contributed by atoms with Gasteiger partial charge < -0.3 is 10.5 Å². The van der Waals surface area contributed by atoms with Gasteiger partial charge in [-0.1, -0.05) is 0 Å². The van der Waals surface area contributed by atoms with Gasteiger partial charge in [-0.25, -0.2) is 10.2 Å². The molecule has 0 aliphatic heterocycles. The lowest BCUT2D eigenvalue weighted by atomic mass is 10.1. The van der Waals surface area contributed by atoms with Gasteiger partial charge in [0.15, 0.2) is 0 Å². The van der Waals surface area contributed by atoms with Crippen molar-refractivity contribution >= 4 is 11.7 Å². The first kappa shape index (κ1) is 12.9. The van der Waals surface area contributed by atoms with Gasteiger partial charge >= 0.3 is 12.6 Å². The molecule has 0 radical (unpaired) electrons. The van der Waals surface area contributed by atoms with Crippen LogP contribution in [0.4, 0.5) is 13.6 Å². The summed E-state index contributed by atoms with van der Waals surface area (Å²) in [6.07, 6.45) is 0. The van der Waals surface area contributed by atoms with Gasteiger partial charge in [-0.15, -0.1) is 0 Å². The second kappa shape index (κ2) is 5.78. The van der Waals surface area contributed by atoms with Crippen LogP contribution in [-0.2, 0) is 0 Å². The van der Waals surface area contributed by atoms with Crippen molar-refractivity contribution in [1.82, 2.24) is 5.43 Å². The van der Waals surface area contributed by atoms with Crippen molar-refractivity contribution in [3.63, 3.8) is 0 Å². The first-order valence-corrected chi connectivity index (χ1v) is 4.64. The van der Waals surface area contributed by atoms with Gasteiger partial charge in [0.05, 0.1) is 5.71 Å². The van der Waals surface area contributed by atoms with Crippen LogP contribution in [0.15, 0.2) is 29.4 Å². The van der Waals surface area contributed by atoms with Crippen molar-refractivity contribution in [2.24, 2.45) is 10.8 Å². The SMILES string of the molecule is C/C(=N\NC(N)=O)c1ccc(OC(F)F)cc1. The number of carbonyl (C=O) groups is 1. The van der Waals surface area contributed by atoms with Crippen LogP contribution in [0.1, 0.15) is 12.5 Å². The Morgan fingerprint density at radius 3 is 2.47 bits per heavy atom. The Morgan fingerprint density at radius 2 is 2.00 bits per heavy atom. The average Bonchev–Trinajstić information content (AvgIpc) is 2.26. The van der Waals surface area contributed by atoms with E-state index in [2.05, 4.69) is 15.3 Å². The van der Waals surface area contributed by atoms with E-state index in [0.717, 1.165) is 0 Å². The van der Waals surface area contributed by atoms with E-state index in [-0.39, 0.29) is 5.75 Å². The van der Waals surface area contributed by atoms with Gasteiger partial charge in [-0.3, -0.25) is 0 Å². The van der Waals surface area contributed by atoms with Crippen LogP contribution in [0.5, 0.6) is 5.75 Å². The van der Waals surface area contributed by atoms with Gasteiger partial charge in [-0.2, -0.15) is 13.9 Å². The summed E-state index contributed by atoms with van der Waals surface area (Å²) in [6, 6.07) is 5.07. The number of rotatable bonds is 4. The maximum atomic E-state index is 11.9. The van der Waals surface area contributed by atoms with E-state index < -0.39 is 12.6 Å². The van der Waals surface area contributed by atoms with Gasteiger partial charge in [0.1, 0.15) is 5.75 Å². The number of primary amides is 1. The lowest BCUT2D eigenvalue weighted by Gasteiger charge is -2.05. The minimum Gasteiger partial charge on any atom is -0.435 e. The summed E-state index contributed by atoms with van der Waals surface area (Å²) in [5.41, 5.74) is 8.05. The van der Waals surface area contributed by atoms with E-state index in [0.29, 0.717) is 11.3 Å². The third-order valence-electron chi connectivity index (χ3n) is 1.83. The molecule has 0 bridgehead atoms. The average molecular weight is 243 g/mol. The van der Waals surface area contributed by atoms with Crippen LogP contribution in [-0.4, -0.2) is 18.4 Å². The van der Waals surface area contributed by atoms with Crippen LogP contribution in [0.2, 0.25) is 0 Å². The van der Waals surface area contributed by atoms with E-state index in [1.54, 1.807) is 19.1 Å². The number of urea groups is 1. The highest BCUT2D eigenvalue weighted by Gasteiger charge is 2.04. The predicted octanol–water partition coefficient (Wildman–Crippen LogP) is 1.68. The maximum absolute atomic E-state index is 11.9. The van der Waals surface area contributed by atoms with Gasteiger partial charge in [0.25, 0.3) is 0 Å². The number of alkyl halides is 2. The van der Waals surface area contributed by atoms with Crippen molar-refractivity contribution in [1.29, 1.82) is 0 Å². The molecule has 17 heavy (non-hydrogen) atoms. The smallest absolute Gasteiger partial charge is 0.387 e. The zero-order valence-corrected chi connectivity index (χ0v) is 8.98. The van der Waals surface area contributed by atoms with Crippen LogP contribution in [0, 0.1) is 0 Å². The molecule has 3 N–H and O–H groups in total. The molecule has 0 aliphatic carbocycles. The van der Waals surface area contributed by atoms with Crippen LogP contribution >= 0.6 is 0 Å². The van der Waals surface area contributed by atoms with Crippen LogP contribution < -0.4 is 15.9 Å². The number of nitrogens with two attached hydrogens (primary N) is 1. The molecular formula is C10H11F2N3O2. The molecule has 1 rings (SSSR count). The monoisotopic (exact) mass is 243 g/mol. The van der Waals surface area contributed by atoms with Crippen molar-refractivity contribution in [3.05, 3.63) is 29.8 Å². The second-order valence-corrected chi connectivity index (χ2v) is 3.08. The van der Waals surface area contributed by atoms with Gasteiger partial charge in [0, 0.05) is 0 Å². The zero-order valence-electron chi connectivity index (χ0n) is 8.98. The first-order chi connectivity index (χ1) is 7.99. The number of hydrogen-bond donors (Lipinski definition) is 2. The van der Waals surface area contributed by atoms with E-state index >= 15 is 0 Å². The van der Waals surface area contributed by atoms with E-state index in [9.17, 15) is 13.6 Å². The Balaban J connectivity index is 2.73. The fourth-order valence-electron chi connectivity index (χ4n) is 1.08. The molecule has 0 aromatic heterocycles. The fourth-order valence-corrected chi connectivity index (χ4v) is 1.08. The number of nitrogens with one attached hydrogen (secondary N) is 1. The molecule has 0 saturated heterocycles. The molecule has 92 valence electrons. The summed E-state index contributed by atoms with van der Waals surface area (Å²) in [5, 5.41) is 3.69.